The lowest BCUT2D eigenvalue weighted by molar-refractivity contribution is 0.0719. The van der Waals surface area contributed by atoms with E-state index < -0.39 is 10.0 Å². The van der Waals surface area contributed by atoms with Gasteiger partial charge in [0.2, 0.25) is 10.0 Å². The standard InChI is InChI=1S/C13H22N4O3S/c18-21(19,17-6-8-20-9-7-17)12-2-1-5-16(10-12)11-13-14-3-4-15-13/h3-4,12H,1-2,5-11H2,(H,14,15)/t12-/m0/s1. The van der Waals surface area contributed by atoms with Crippen molar-refractivity contribution in [3.05, 3.63) is 18.2 Å². The van der Waals surface area contributed by atoms with Gasteiger partial charge >= 0.3 is 0 Å². The number of sulfonamides is 1. The van der Waals surface area contributed by atoms with Gasteiger partial charge in [0.05, 0.1) is 25.0 Å². The third-order valence-corrected chi connectivity index (χ3v) is 6.45. The van der Waals surface area contributed by atoms with Crippen molar-refractivity contribution in [1.82, 2.24) is 19.2 Å². The minimum absolute atomic E-state index is 0.306. The second-order valence-electron chi connectivity index (χ2n) is 5.59. The number of ether oxygens (including phenoxy) is 1. The Labute approximate surface area is 125 Å². The van der Waals surface area contributed by atoms with Gasteiger partial charge in [-0.2, -0.15) is 4.31 Å². The van der Waals surface area contributed by atoms with Crippen LogP contribution in [0.3, 0.4) is 0 Å². The SMILES string of the molecule is O=S(=O)([C@H]1CCCN(Cc2ncc[nH]2)C1)N1CCOCC1. The molecule has 2 aliphatic rings. The van der Waals surface area contributed by atoms with Crippen LogP contribution in [0.15, 0.2) is 12.4 Å². The maximum Gasteiger partial charge on any atom is 0.218 e. The molecule has 0 bridgehead atoms. The van der Waals surface area contributed by atoms with Crippen molar-refractivity contribution in [2.24, 2.45) is 0 Å². The van der Waals surface area contributed by atoms with E-state index in [9.17, 15) is 8.42 Å². The molecule has 1 atom stereocenters. The summed E-state index contributed by atoms with van der Waals surface area (Å²) < 4.78 is 32.3. The van der Waals surface area contributed by atoms with Gasteiger partial charge in [0.1, 0.15) is 5.82 Å². The Balaban J connectivity index is 1.64. The molecule has 0 amide bonds. The molecule has 0 aromatic carbocycles. The molecule has 21 heavy (non-hydrogen) atoms. The molecular formula is C13H22N4O3S. The molecule has 3 rings (SSSR count). The molecule has 0 aliphatic carbocycles. The largest absolute Gasteiger partial charge is 0.379 e. The third kappa shape index (κ3) is 3.45. The molecule has 118 valence electrons. The number of morpholine rings is 1. The summed E-state index contributed by atoms with van der Waals surface area (Å²) in [5, 5.41) is -0.306. The smallest absolute Gasteiger partial charge is 0.218 e. The first-order valence-corrected chi connectivity index (χ1v) is 8.94. The lowest BCUT2D eigenvalue weighted by Gasteiger charge is -2.36. The summed E-state index contributed by atoms with van der Waals surface area (Å²) in [4.78, 5) is 9.46. The van der Waals surface area contributed by atoms with Crippen molar-refractivity contribution in [3.63, 3.8) is 0 Å². The molecular weight excluding hydrogens is 292 g/mol. The number of H-pyrrole nitrogens is 1. The second kappa shape index (κ2) is 6.43. The molecule has 2 fully saturated rings. The number of nitrogens with one attached hydrogen (secondary N) is 1. The molecule has 1 aromatic heterocycles. The molecule has 0 radical (unpaired) electrons. The van der Waals surface area contributed by atoms with E-state index in [0.29, 0.717) is 39.4 Å². The monoisotopic (exact) mass is 314 g/mol. The molecule has 8 heteroatoms. The van der Waals surface area contributed by atoms with E-state index in [0.717, 1.165) is 25.2 Å². The normalized spacial score (nSPS) is 26.0. The first-order chi connectivity index (χ1) is 10.2. The number of nitrogens with zero attached hydrogens (tertiary/aromatic N) is 3. The third-order valence-electron chi connectivity index (χ3n) is 4.14. The summed E-state index contributed by atoms with van der Waals surface area (Å²) in [6.07, 6.45) is 5.17. The van der Waals surface area contributed by atoms with E-state index in [4.69, 9.17) is 4.74 Å². The minimum atomic E-state index is -3.22. The van der Waals surface area contributed by atoms with Gasteiger partial charge in [-0.05, 0) is 19.4 Å². The number of aromatic nitrogens is 2. The highest BCUT2D eigenvalue weighted by atomic mass is 32.2. The first kappa shape index (κ1) is 15.0. The number of likely N-dealkylation sites (tertiary alicyclic amines) is 1. The Morgan fingerprint density at radius 2 is 2.14 bits per heavy atom. The van der Waals surface area contributed by atoms with Gasteiger partial charge in [-0.1, -0.05) is 0 Å². The Morgan fingerprint density at radius 1 is 1.33 bits per heavy atom. The number of imidazole rings is 1. The topological polar surface area (TPSA) is 78.5 Å². The quantitative estimate of drug-likeness (QED) is 0.849. The minimum Gasteiger partial charge on any atom is -0.379 e. The van der Waals surface area contributed by atoms with Crippen LogP contribution in [0.2, 0.25) is 0 Å². The highest BCUT2D eigenvalue weighted by Crippen LogP contribution is 2.22. The Morgan fingerprint density at radius 3 is 2.86 bits per heavy atom. The van der Waals surface area contributed by atoms with Crippen LogP contribution in [0.5, 0.6) is 0 Å². The zero-order valence-electron chi connectivity index (χ0n) is 12.1. The van der Waals surface area contributed by atoms with Crippen LogP contribution in [0.1, 0.15) is 18.7 Å². The van der Waals surface area contributed by atoms with Gasteiger partial charge in [0.15, 0.2) is 0 Å². The number of piperidine rings is 1. The molecule has 3 heterocycles. The van der Waals surface area contributed by atoms with Gasteiger partial charge < -0.3 is 9.72 Å². The first-order valence-electron chi connectivity index (χ1n) is 7.43. The van der Waals surface area contributed by atoms with E-state index in [-0.39, 0.29) is 5.25 Å². The Kier molecular flexibility index (Phi) is 4.58. The molecule has 0 spiro atoms. The summed E-state index contributed by atoms with van der Waals surface area (Å²) in [7, 11) is -3.22. The summed E-state index contributed by atoms with van der Waals surface area (Å²) in [6, 6.07) is 0. The molecule has 1 aromatic rings. The van der Waals surface area contributed by atoms with Crippen molar-refractivity contribution in [2.75, 3.05) is 39.4 Å². The fraction of sp³-hybridized carbons (Fsp3) is 0.769. The molecule has 7 nitrogen and oxygen atoms in total. The fourth-order valence-electron chi connectivity index (χ4n) is 3.01. The highest BCUT2D eigenvalue weighted by molar-refractivity contribution is 7.89. The predicted octanol–water partition coefficient (Wildman–Crippen LogP) is 0.0361. The summed E-state index contributed by atoms with van der Waals surface area (Å²) in [5.41, 5.74) is 0. The van der Waals surface area contributed by atoms with Gasteiger partial charge in [0.25, 0.3) is 0 Å². The lowest BCUT2D eigenvalue weighted by Crippen LogP contribution is -2.50. The number of hydrogen-bond acceptors (Lipinski definition) is 5. The van der Waals surface area contributed by atoms with Crippen LogP contribution in [-0.4, -0.2) is 72.2 Å². The van der Waals surface area contributed by atoms with Crippen molar-refractivity contribution >= 4 is 10.0 Å². The summed E-state index contributed by atoms with van der Waals surface area (Å²) >= 11 is 0. The molecule has 0 saturated carbocycles. The van der Waals surface area contributed by atoms with Crippen molar-refractivity contribution in [3.8, 4) is 0 Å². The maximum atomic E-state index is 12.7. The van der Waals surface area contributed by atoms with Crippen LogP contribution in [-0.2, 0) is 21.3 Å². The zero-order valence-corrected chi connectivity index (χ0v) is 12.9. The maximum absolute atomic E-state index is 12.7. The van der Waals surface area contributed by atoms with Gasteiger partial charge in [-0.25, -0.2) is 13.4 Å². The lowest BCUT2D eigenvalue weighted by atomic mass is 10.1. The van der Waals surface area contributed by atoms with E-state index in [1.54, 1.807) is 16.7 Å². The fourth-order valence-corrected chi connectivity index (χ4v) is 4.95. The van der Waals surface area contributed by atoms with Crippen LogP contribution in [0, 0.1) is 0 Å². The second-order valence-corrected chi connectivity index (χ2v) is 7.80. The van der Waals surface area contributed by atoms with Crippen molar-refractivity contribution < 1.29 is 13.2 Å². The Bertz CT molecular complexity index is 540. The van der Waals surface area contributed by atoms with E-state index in [1.807, 2.05) is 0 Å². The Hall–Kier alpha value is -0.960. The van der Waals surface area contributed by atoms with Crippen LogP contribution < -0.4 is 0 Å². The van der Waals surface area contributed by atoms with E-state index in [2.05, 4.69) is 14.9 Å². The summed E-state index contributed by atoms with van der Waals surface area (Å²) in [5.74, 6) is 0.888. The van der Waals surface area contributed by atoms with E-state index in [1.165, 1.54) is 0 Å². The van der Waals surface area contributed by atoms with Crippen LogP contribution >= 0.6 is 0 Å². The van der Waals surface area contributed by atoms with Crippen LogP contribution in [0.4, 0.5) is 0 Å². The molecule has 2 aliphatic heterocycles. The number of hydrogen-bond donors (Lipinski definition) is 1. The number of aromatic amines is 1. The van der Waals surface area contributed by atoms with Gasteiger partial charge in [0, 0.05) is 32.0 Å². The van der Waals surface area contributed by atoms with Gasteiger partial charge in [-0.15, -0.1) is 0 Å². The average molecular weight is 314 g/mol. The zero-order chi connectivity index (χ0) is 14.7. The van der Waals surface area contributed by atoms with E-state index >= 15 is 0 Å². The predicted molar refractivity (Wildman–Crippen MR) is 78.2 cm³/mol. The van der Waals surface area contributed by atoms with Crippen molar-refractivity contribution in [1.29, 1.82) is 0 Å². The highest BCUT2D eigenvalue weighted by Gasteiger charge is 2.36. The summed E-state index contributed by atoms with van der Waals surface area (Å²) in [6.45, 7) is 4.16. The molecule has 0 unspecified atom stereocenters. The van der Waals surface area contributed by atoms with Gasteiger partial charge in [-0.3, -0.25) is 4.90 Å². The molecule has 2 saturated heterocycles. The molecule has 1 N–H and O–H groups in total. The van der Waals surface area contributed by atoms with Crippen LogP contribution in [0.25, 0.3) is 0 Å². The number of rotatable bonds is 4. The average Bonchev–Trinajstić information content (AvgIpc) is 3.01. The van der Waals surface area contributed by atoms with Crippen molar-refractivity contribution in [2.45, 2.75) is 24.6 Å².